The van der Waals surface area contributed by atoms with Crippen LogP contribution in [0.15, 0.2) is 6.33 Å². The largest absolute Gasteiger partial charge is 0.460 e. The Hall–Kier alpha value is -1.15. The van der Waals surface area contributed by atoms with Crippen LogP contribution in [0.5, 0.6) is 0 Å². The van der Waals surface area contributed by atoms with E-state index in [1.165, 1.54) is 6.33 Å². The summed E-state index contributed by atoms with van der Waals surface area (Å²) in [5.41, 5.74) is 0.0225. The molecule has 118 valence electrons. The molecule has 8 heteroatoms. The van der Waals surface area contributed by atoms with Crippen LogP contribution >= 0.6 is 23.5 Å². The molecule has 0 atom stereocenters. The van der Waals surface area contributed by atoms with Gasteiger partial charge in [-0.05, 0) is 11.5 Å². The number of carbonyl (C=O) groups is 2. The molecule has 0 aliphatic heterocycles. The lowest BCUT2D eigenvalue weighted by atomic mass is 10.3. The summed E-state index contributed by atoms with van der Waals surface area (Å²) in [6.45, 7) is 4.67. The lowest BCUT2D eigenvalue weighted by Crippen LogP contribution is -2.16. The summed E-state index contributed by atoms with van der Waals surface area (Å²) >= 11 is 3.35. The minimum Gasteiger partial charge on any atom is -0.460 e. The molecule has 0 aliphatic carbocycles. The van der Waals surface area contributed by atoms with Gasteiger partial charge in [0.2, 0.25) is 0 Å². The summed E-state index contributed by atoms with van der Waals surface area (Å²) in [6, 6.07) is 0. The molecule has 1 rings (SSSR count). The summed E-state index contributed by atoms with van der Waals surface area (Å²) in [6.07, 6.45) is 1.29. The average Bonchev–Trinajstić information content (AvgIpc) is 2.97. The summed E-state index contributed by atoms with van der Waals surface area (Å²) in [7, 11) is 0. The first-order valence-electron chi connectivity index (χ1n) is 6.73. The SMILES string of the molecule is CCSCCOC(=O)c1nc[nH]c1C(=O)OCCSCC. The zero-order chi connectivity index (χ0) is 15.5. The van der Waals surface area contributed by atoms with Crippen molar-refractivity contribution in [3.8, 4) is 0 Å². The Morgan fingerprint density at radius 2 is 1.67 bits per heavy atom. The number of H-pyrrole nitrogens is 1. The maximum Gasteiger partial charge on any atom is 0.359 e. The standard InChI is InChI=1S/C13H20N2O4S2/c1-3-20-7-5-18-12(16)10-11(15-9-14-10)13(17)19-6-8-21-4-2/h9H,3-8H2,1-2H3,(H,14,15). The van der Waals surface area contributed by atoms with Crippen LogP contribution in [-0.2, 0) is 9.47 Å². The third-order valence-corrected chi connectivity index (χ3v) is 4.09. The molecular weight excluding hydrogens is 312 g/mol. The van der Waals surface area contributed by atoms with E-state index in [4.69, 9.17) is 9.47 Å². The van der Waals surface area contributed by atoms with Crippen molar-refractivity contribution < 1.29 is 19.1 Å². The molecule has 0 bridgehead atoms. The number of aromatic nitrogens is 2. The molecule has 0 aliphatic rings. The predicted molar refractivity (Wildman–Crippen MR) is 85.2 cm³/mol. The van der Waals surface area contributed by atoms with Crippen molar-refractivity contribution in [1.29, 1.82) is 0 Å². The first-order valence-corrected chi connectivity index (χ1v) is 9.04. The van der Waals surface area contributed by atoms with E-state index in [2.05, 4.69) is 9.97 Å². The van der Waals surface area contributed by atoms with Gasteiger partial charge in [0.15, 0.2) is 11.4 Å². The molecule has 1 N–H and O–H groups in total. The van der Waals surface area contributed by atoms with Crippen LogP contribution in [0.2, 0.25) is 0 Å². The van der Waals surface area contributed by atoms with Gasteiger partial charge in [-0.2, -0.15) is 23.5 Å². The van der Waals surface area contributed by atoms with Crippen molar-refractivity contribution in [2.45, 2.75) is 13.8 Å². The van der Waals surface area contributed by atoms with Gasteiger partial charge in [-0.1, -0.05) is 13.8 Å². The van der Waals surface area contributed by atoms with Crippen molar-refractivity contribution >= 4 is 35.5 Å². The summed E-state index contributed by atoms with van der Waals surface area (Å²) in [5, 5.41) is 0. The van der Waals surface area contributed by atoms with E-state index in [1.54, 1.807) is 23.5 Å². The monoisotopic (exact) mass is 332 g/mol. The number of hydrogen-bond donors (Lipinski definition) is 1. The van der Waals surface area contributed by atoms with Crippen LogP contribution in [0.4, 0.5) is 0 Å². The molecule has 0 fully saturated rings. The minimum atomic E-state index is -0.608. The van der Waals surface area contributed by atoms with E-state index in [-0.39, 0.29) is 11.4 Å². The molecule has 6 nitrogen and oxygen atoms in total. The number of esters is 2. The van der Waals surface area contributed by atoms with Gasteiger partial charge in [0.25, 0.3) is 0 Å². The lowest BCUT2D eigenvalue weighted by Gasteiger charge is -2.05. The Morgan fingerprint density at radius 1 is 1.10 bits per heavy atom. The van der Waals surface area contributed by atoms with E-state index in [0.29, 0.717) is 13.2 Å². The molecular formula is C13H20N2O4S2. The zero-order valence-electron chi connectivity index (χ0n) is 12.2. The highest BCUT2D eigenvalue weighted by molar-refractivity contribution is 7.99. The topological polar surface area (TPSA) is 81.3 Å². The highest BCUT2D eigenvalue weighted by Crippen LogP contribution is 2.08. The predicted octanol–water partition coefficient (Wildman–Crippen LogP) is 2.23. The number of nitrogens with one attached hydrogen (secondary N) is 1. The average molecular weight is 332 g/mol. The molecule has 0 spiro atoms. The number of rotatable bonds is 10. The van der Waals surface area contributed by atoms with Crippen LogP contribution < -0.4 is 0 Å². The van der Waals surface area contributed by atoms with Crippen LogP contribution in [0.3, 0.4) is 0 Å². The van der Waals surface area contributed by atoms with Crippen LogP contribution in [-0.4, -0.2) is 58.1 Å². The van der Waals surface area contributed by atoms with Gasteiger partial charge in [-0.25, -0.2) is 14.6 Å². The number of aromatic amines is 1. The Bertz CT molecular complexity index is 413. The number of hydrogen-bond acceptors (Lipinski definition) is 7. The molecule has 0 saturated heterocycles. The molecule has 0 unspecified atom stereocenters. The molecule has 1 heterocycles. The first-order chi connectivity index (χ1) is 10.2. The van der Waals surface area contributed by atoms with Crippen molar-refractivity contribution in [3.63, 3.8) is 0 Å². The highest BCUT2D eigenvalue weighted by atomic mass is 32.2. The summed E-state index contributed by atoms with van der Waals surface area (Å²) in [4.78, 5) is 30.2. The first kappa shape index (κ1) is 17.9. The Labute approximate surface area is 132 Å². The van der Waals surface area contributed by atoms with E-state index in [9.17, 15) is 9.59 Å². The number of nitrogens with zero attached hydrogens (tertiary/aromatic N) is 1. The second-order valence-corrected chi connectivity index (χ2v) is 6.58. The Kier molecular flexibility index (Phi) is 9.00. The van der Waals surface area contributed by atoms with Crippen molar-refractivity contribution in [2.75, 3.05) is 36.2 Å². The molecule has 0 amide bonds. The molecule has 1 aromatic rings. The molecule has 0 radical (unpaired) electrons. The maximum absolute atomic E-state index is 11.9. The third-order valence-electron chi connectivity index (χ3n) is 2.37. The number of ether oxygens (including phenoxy) is 2. The summed E-state index contributed by atoms with van der Waals surface area (Å²) < 4.78 is 10.1. The zero-order valence-corrected chi connectivity index (χ0v) is 13.8. The van der Waals surface area contributed by atoms with Crippen molar-refractivity contribution in [1.82, 2.24) is 9.97 Å². The van der Waals surface area contributed by atoms with Gasteiger partial charge in [-0.3, -0.25) is 0 Å². The number of imidazole rings is 1. The number of thioether (sulfide) groups is 2. The van der Waals surface area contributed by atoms with Crippen LogP contribution in [0, 0.1) is 0 Å². The van der Waals surface area contributed by atoms with Crippen molar-refractivity contribution in [2.24, 2.45) is 0 Å². The quantitative estimate of drug-likeness (QED) is 0.520. The van der Waals surface area contributed by atoms with Gasteiger partial charge in [0.05, 0.1) is 6.33 Å². The highest BCUT2D eigenvalue weighted by Gasteiger charge is 2.22. The third kappa shape index (κ3) is 6.43. The summed E-state index contributed by atoms with van der Waals surface area (Å²) in [5.74, 6) is 2.19. The lowest BCUT2D eigenvalue weighted by molar-refractivity contribution is 0.0475. The minimum absolute atomic E-state index is 0.0235. The van der Waals surface area contributed by atoms with Crippen LogP contribution in [0.25, 0.3) is 0 Å². The van der Waals surface area contributed by atoms with E-state index in [0.717, 1.165) is 23.0 Å². The van der Waals surface area contributed by atoms with E-state index in [1.807, 2.05) is 13.8 Å². The fourth-order valence-electron chi connectivity index (χ4n) is 1.42. The number of carbonyl (C=O) groups excluding carboxylic acids is 2. The smallest absolute Gasteiger partial charge is 0.359 e. The fraction of sp³-hybridized carbons (Fsp3) is 0.615. The Morgan fingerprint density at radius 3 is 2.24 bits per heavy atom. The van der Waals surface area contributed by atoms with Gasteiger partial charge in [-0.15, -0.1) is 0 Å². The fourth-order valence-corrected chi connectivity index (χ4v) is 2.40. The van der Waals surface area contributed by atoms with Gasteiger partial charge in [0, 0.05) is 11.5 Å². The molecule has 21 heavy (non-hydrogen) atoms. The van der Waals surface area contributed by atoms with Gasteiger partial charge in [0.1, 0.15) is 13.2 Å². The normalized spacial score (nSPS) is 10.4. The van der Waals surface area contributed by atoms with Gasteiger partial charge < -0.3 is 14.5 Å². The maximum atomic E-state index is 11.9. The molecule has 0 saturated carbocycles. The Balaban J connectivity index is 2.47. The second kappa shape index (κ2) is 10.6. The van der Waals surface area contributed by atoms with Crippen molar-refractivity contribution in [3.05, 3.63) is 17.7 Å². The van der Waals surface area contributed by atoms with Crippen LogP contribution in [0.1, 0.15) is 34.8 Å². The van der Waals surface area contributed by atoms with E-state index >= 15 is 0 Å². The molecule has 0 aromatic carbocycles. The second-order valence-electron chi connectivity index (χ2n) is 3.79. The van der Waals surface area contributed by atoms with E-state index < -0.39 is 11.9 Å². The van der Waals surface area contributed by atoms with Gasteiger partial charge >= 0.3 is 11.9 Å². The molecule has 1 aromatic heterocycles.